The molecular weight excluding hydrogens is 247 g/mol. The number of halogens is 1. The summed E-state index contributed by atoms with van der Waals surface area (Å²) < 4.78 is 0. The minimum absolute atomic E-state index is 0. The van der Waals surface area contributed by atoms with E-state index >= 15 is 0 Å². The predicted octanol–water partition coefficient (Wildman–Crippen LogP) is 6.15. The van der Waals surface area contributed by atoms with E-state index in [4.69, 9.17) is 0 Å². The van der Waals surface area contributed by atoms with Crippen molar-refractivity contribution >= 4 is 21.6 Å². The molecule has 0 aromatic carbocycles. The third-order valence-corrected chi connectivity index (χ3v) is 4.47. The topological polar surface area (TPSA) is 0 Å². The fraction of sp³-hybridized carbons (Fsp3) is 0.867. The Morgan fingerprint density at radius 2 is 1.35 bits per heavy atom. The second-order valence-corrected chi connectivity index (χ2v) is 6.18. The largest absolute Gasteiger partial charge is 0.147 e. The van der Waals surface area contributed by atoms with Gasteiger partial charge in [-0.1, -0.05) is 65.0 Å². The van der Waals surface area contributed by atoms with Crippen LogP contribution in [0.5, 0.6) is 0 Å². The SMILES string of the molecule is C=C(CCCC)C(P)(CCCC)CCCC.Cl. The van der Waals surface area contributed by atoms with E-state index < -0.39 is 0 Å². The molecule has 0 saturated heterocycles. The van der Waals surface area contributed by atoms with Crippen molar-refractivity contribution in [1.82, 2.24) is 0 Å². The molecular formula is C15H32ClP. The molecule has 0 nitrogen and oxygen atoms in total. The van der Waals surface area contributed by atoms with E-state index in [0.717, 1.165) is 0 Å². The van der Waals surface area contributed by atoms with Gasteiger partial charge in [-0.15, -0.1) is 21.6 Å². The Morgan fingerprint density at radius 1 is 0.941 bits per heavy atom. The highest BCUT2D eigenvalue weighted by molar-refractivity contribution is 7.19. The van der Waals surface area contributed by atoms with Crippen LogP contribution in [-0.4, -0.2) is 5.16 Å². The number of hydrogen-bond donors (Lipinski definition) is 0. The first-order chi connectivity index (χ1) is 7.60. The Morgan fingerprint density at radius 3 is 1.71 bits per heavy atom. The van der Waals surface area contributed by atoms with E-state index in [9.17, 15) is 0 Å². The normalized spacial score (nSPS) is 11.1. The van der Waals surface area contributed by atoms with Crippen LogP contribution in [0, 0.1) is 0 Å². The molecule has 0 radical (unpaired) electrons. The van der Waals surface area contributed by atoms with Gasteiger partial charge < -0.3 is 0 Å². The highest BCUT2D eigenvalue weighted by Gasteiger charge is 2.25. The second kappa shape index (κ2) is 11.5. The van der Waals surface area contributed by atoms with Gasteiger partial charge in [-0.25, -0.2) is 0 Å². The maximum absolute atomic E-state index is 4.35. The number of rotatable bonds is 10. The molecule has 0 aliphatic rings. The van der Waals surface area contributed by atoms with Crippen LogP contribution in [0.4, 0.5) is 0 Å². The third kappa shape index (κ3) is 8.22. The van der Waals surface area contributed by atoms with Crippen LogP contribution in [0.1, 0.15) is 78.6 Å². The van der Waals surface area contributed by atoms with Crippen LogP contribution < -0.4 is 0 Å². The van der Waals surface area contributed by atoms with Gasteiger partial charge in [0.2, 0.25) is 0 Å². The quantitative estimate of drug-likeness (QED) is 0.332. The second-order valence-electron chi connectivity index (χ2n) is 5.07. The number of hydrogen-bond acceptors (Lipinski definition) is 0. The summed E-state index contributed by atoms with van der Waals surface area (Å²) in [5.41, 5.74) is 1.47. The van der Waals surface area contributed by atoms with E-state index in [1.54, 1.807) is 0 Å². The average molecular weight is 279 g/mol. The Kier molecular flexibility index (Phi) is 13.4. The zero-order valence-corrected chi connectivity index (χ0v) is 14.0. The van der Waals surface area contributed by atoms with Gasteiger partial charge in [0.1, 0.15) is 0 Å². The minimum Gasteiger partial charge on any atom is -0.147 e. The van der Waals surface area contributed by atoms with Gasteiger partial charge in [-0.2, -0.15) is 0 Å². The summed E-state index contributed by atoms with van der Waals surface area (Å²) in [6.45, 7) is 11.2. The Labute approximate surface area is 118 Å². The highest BCUT2D eigenvalue weighted by atomic mass is 35.5. The first kappa shape index (κ1) is 19.8. The lowest BCUT2D eigenvalue weighted by Crippen LogP contribution is -2.23. The minimum atomic E-state index is 0. The van der Waals surface area contributed by atoms with Crippen molar-refractivity contribution in [3.05, 3.63) is 12.2 Å². The molecule has 17 heavy (non-hydrogen) atoms. The lowest BCUT2D eigenvalue weighted by atomic mass is 9.86. The maximum Gasteiger partial charge on any atom is 0.00539 e. The lowest BCUT2D eigenvalue weighted by molar-refractivity contribution is 0.500. The Hall–Kier alpha value is 0.460. The van der Waals surface area contributed by atoms with Gasteiger partial charge in [-0.05, 0) is 25.7 Å². The van der Waals surface area contributed by atoms with Crippen molar-refractivity contribution in [1.29, 1.82) is 0 Å². The molecule has 104 valence electrons. The van der Waals surface area contributed by atoms with Crippen molar-refractivity contribution in [3.63, 3.8) is 0 Å². The van der Waals surface area contributed by atoms with Crippen LogP contribution >= 0.6 is 21.6 Å². The van der Waals surface area contributed by atoms with Crippen LogP contribution in [-0.2, 0) is 0 Å². The van der Waals surface area contributed by atoms with E-state index in [1.807, 2.05) is 0 Å². The summed E-state index contributed by atoms with van der Waals surface area (Å²) in [6.07, 6.45) is 11.7. The molecule has 0 saturated carbocycles. The van der Waals surface area contributed by atoms with Crippen LogP contribution in [0.2, 0.25) is 0 Å². The average Bonchev–Trinajstić information content (AvgIpc) is 2.30. The number of unbranched alkanes of at least 4 members (excludes halogenated alkanes) is 3. The van der Waals surface area contributed by atoms with Gasteiger partial charge in [0.05, 0.1) is 0 Å². The number of allylic oxidation sites excluding steroid dienone is 1. The summed E-state index contributed by atoms with van der Waals surface area (Å²) in [5, 5.41) is 0.335. The highest BCUT2D eigenvalue weighted by Crippen LogP contribution is 2.39. The van der Waals surface area contributed by atoms with Gasteiger partial charge in [-0.3, -0.25) is 0 Å². The fourth-order valence-electron chi connectivity index (χ4n) is 2.10. The lowest BCUT2D eigenvalue weighted by Gasteiger charge is -2.32. The standard InChI is InChI=1S/C15H31P.ClH/c1-5-8-11-14(4)15(16,12-9-6-2)13-10-7-3;/h4-13,16H2,1-3H3;1H. The van der Waals surface area contributed by atoms with Gasteiger partial charge in [0.15, 0.2) is 0 Å². The predicted molar refractivity (Wildman–Crippen MR) is 87.4 cm³/mol. The maximum atomic E-state index is 4.35. The van der Waals surface area contributed by atoms with Crippen molar-refractivity contribution in [2.75, 3.05) is 0 Å². The first-order valence-corrected chi connectivity index (χ1v) is 7.65. The molecule has 0 rings (SSSR count). The van der Waals surface area contributed by atoms with E-state index in [0.29, 0.717) is 5.16 Å². The zero-order valence-electron chi connectivity index (χ0n) is 12.1. The first-order valence-electron chi connectivity index (χ1n) is 7.07. The fourth-order valence-corrected chi connectivity index (χ4v) is 2.65. The van der Waals surface area contributed by atoms with Crippen molar-refractivity contribution in [2.45, 2.75) is 83.7 Å². The van der Waals surface area contributed by atoms with Gasteiger partial charge in [0, 0.05) is 5.16 Å². The van der Waals surface area contributed by atoms with Crippen LogP contribution in [0.25, 0.3) is 0 Å². The van der Waals surface area contributed by atoms with Gasteiger partial charge >= 0.3 is 0 Å². The monoisotopic (exact) mass is 278 g/mol. The van der Waals surface area contributed by atoms with Crippen molar-refractivity contribution < 1.29 is 0 Å². The molecule has 0 aromatic heterocycles. The zero-order chi connectivity index (χ0) is 12.4. The molecule has 0 aliphatic heterocycles. The van der Waals surface area contributed by atoms with Crippen molar-refractivity contribution in [3.8, 4) is 0 Å². The van der Waals surface area contributed by atoms with Crippen LogP contribution in [0.3, 0.4) is 0 Å². The molecule has 0 fully saturated rings. The molecule has 0 spiro atoms. The Bertz CT molecular complexity index is 181. The van der Waals surface area contributed by atoms with Crippen molar-refractivity contribution in [2.24, 2.45) is 0 Å². The van der Waals surface area contributed by atoms with E-state index in [1.165, 1.54) is 63.4 Å². The molecule has 0 N–H and O–H groups in total. The van der Waals surface area contributed by atoms with E-state index in [2.05, 4.69) is 36.6 Å². The molecule has 2 heteroatoms. The smallest absolute Gasteiger partial charge is 0.00539 e. The summed E-state index contributed by atoms with van der Waals surface area (Å²) in [5.74, 6) is 0. The van der Waals surface area contributed by atoms with Gasteiger partial charge in [0.25, 0.3) is 0 Å². The summed E-state index contributed by atoms with van der Waals surface area (Å²) in [4.78, 5) is 0. The third-order valence-electron chi connectivity index (χ3n) is 3.49. The van der Waals surface area contributed by atoms with E-state index in [-0.39, 0.29) is 12.4 Å². The molecule has 1 atom stereocenters. The Balaban J connectivity index is 0. The molecule has 0 amide bonds. The molecule has 1 unspecified atom stereocenters. The summed E-state index contributed by atoms with van der Waals surface area (Å²) in [7, 11) is 3.13. The molecule has 0 heterocycles. The molecule has 0 aliphatic carbocycles. The summed E-state index contributed by atoms with van der Waals surface area (Å²) >= 11 is 0. The summed E-state index contributed by atoms with van der Waals surface area (Å²) in [6, 6.07) is 0. The molecule has 0 bridgehead atoms. The molecule has 0 aromatic rings. The van der Waals surface area contributed by atoms with Crippen LogP contribution in [0.15, 0.2) is 12.2 Å².